The fraction of sp³-hybridized carbons (Fsp3) is 0.385. The molecule has 1 N–H and O–H groups in total. The van der Waals surface area contributed by atoms with E-state index in [0.717, 1.165) is 0 Å². The van der Waals surface area contributed by atoms with Crippen LogP contribution < -0.4 is 4.74 Å². The lowest BCUT2D eigenvalue weighted by Gasteiger charge is -2.19. The van der Waals surface area contributed by atoms with Crippen LogP contribution in [0.1, 0.15) is 19.8 Å². The van der Waals surface area contributed by atoms with Gasteiger partial charge < -0.3 is 9.84 Å². The van der Waals surface area contributed by atoms with Crippen LogP contribution in [0.2, 0.25) is 5.02 Å². The Morgan fingerprint density at radius 1 is 1.56 bits per heavy atom. The van der Waals surface area contributed by atoms with Gasteiger partial charge in [-0.05, 0) is 31.5 Å². The number of hydrogen-bond acceptors (Lipinski definition) is 2. The molecule has 86 valence electrons. The Morgan fingerprint density at radius 3 is 2.94 bits per heavy atom. The molecule has 0 heterocycles. The first kappa shape index (κ1) is 12.9. The number of rotatable bonds is 5. The van der Waals surface area contributed by atoms with Gasteiger partial charge in [-0.1, -0.05) is 17.7 Å². The number of halogens is 1. The topological polar surface area (TPSA) is 29.5 Å². The van der Waals surface area contributed by atoms with Gasteiger partial charge in [0.05, 0.1) is 6.10 Å². The summed E-state index contributed by atoms with van der Waals surface area (Å²) in [5.74, 6) is 3.14. The highest BCUT2D eigenvalue weighted by Crippen LogP contribution is 2.19. The Labute approximate surface area is 101 Å². The normalized spacial score (nSPS) is 13.9. The fourth-order valence-corrected chi connectivity index (χ4v) is 1.48. The third-order valence-corrected chi connectivity index (χ3v) is 2.48. The summed E-state index contributed by atoms with van der Waals surface area (Å²) in [6.45, 7) is 1.81. The van der Waals surface area contributed by atoms with E-state index in [0.29, 0.717) is 23.6 Å². The summed E-state index contributed by atoms with van der Waals surface area (Å²) in [6.07, 6.45) is 5.36. The highest BCUT2D eigenvalue weighted by molar-refractivity contribution is 6.30. The van der Waals surface area contributed by atoms with E-state index in [1.807, 2.05) is 6.92 Å². The minimum Gasteiger partial charge on any atom is -0.488 e. The van der Waals surface area contributed by atoms with Crippen LogP contribution in [-0.2, 0) is 0 Å². The number of aliphatic hydroxyl groups is 1. The lowest BCUT2D eigenvalue weighted by Crippen LogP contribution is -2.28. The van der Waals surface area contributed by atoms with E-state index in [2.05, 4.69) is 5.92 Å². The summed E-state index contributed by atoms with van der Waals surface area (Å²) in [7, 11) is 0. The Kier molecular flexibility index (Phi) is 5.18. The quantitative estimate of drug-likeness (QED) is 0.800. The molecule has 0 saturated heterocycles. The summed E-state index contributed by atoms with van der Waals surface area (Å²) in [6, 6.07) is 7.09. The van der Waals surface area contributed by atoms with Crippen molar-refractivity contribution in [2.24, 2.45) is 0 Å². The molecule has 0 bridgehead atoms. The van der Waals surface area contributed by atoms with E-state index < -0.39 is 6.10 Å². The van der Waals surface area contributed by atoms with E-state index in [1.165, 1.54) is 0 Å². The third kappa shape index (κ3) is 4.14. The van der Waals surface area contributed by atoms with Crippen LogP contribution in [0.25, 0.3) is 0 Å². The van der Waals surface area contributed by atoms with Crippen LogP contribution in [0, 0.1) is 12.3 Å². The minimum atomic E-state index is -0.560. The van der Waals surface area contributed by atoms with Crippen molar-refractivity contribution in [3.05, 3.63) is 29.3 Å². The molecule has 3 heteroatoms. The van der Waals surface area contributed by atoms with Gasteiger partial charge in [-0.2, -0.15) is 0 Å². The van der Waals surface area contributed by atoms with Crippen molar-refractivity contribution in [3.63, 3.8) is 0 Å². The highest BCUT2D eigenvalue weighted by Gasteiger charge is 2.15. The summed E-state index contributed by atoms with van der Waals surface area (Å²) < 4.78 is 5.55. The number of hydrogen-bond donors (Lipinski definition) is 1. The Balaban J connectivity index is 2.51. The summed E-state index contributed by atoms with van der Waals surface area (Å²) in [5.41, 5.74) is 0. The van der Waals surface area contributed by atoms with E-state index in [-0.39, 0.29) is 6.10 Å². The van der Waals surface area contributed by atoms with E-state index in [1.54, 1.807) is 24.3 Å². The summed E-state index contributed by atoms with van der Waals surface area (Å²) in [5, 5.41) is 10.3. The zero-order valence-corrected chi connectivity index (χ0v) is 9.95. The van der Waals surface area contributed by atoms with Gasteiger partial charge in [0, 0.05) is 11.4 Å². The zero-order chi connectivity index (χ0) is 12.0. The highest BCUT2D eigenvalue weighted by atomic mass is 35.5. The maximum Gasteiger partial charge on any atom is 0.122 e. The van der Waals surface area contributed by atoms with Crippen molar-refractivity contribution in [2.45, 2.75) is 32.0 Å². The molecule has 0 radical (unpaired) electrons. The van der Waals surface area contributed by atoms with Gasteiger partial charge in [-0.15, -0.1) is 12.3 Å². The first-order valence-electron chi connectivity index (χ1n) is 5.17. The monoisotopic (exact) mass is 238 g/mol. The number of aliphatic hydroxyl groups excluding tert-OH is 1. The molecule has 0 aliphatic carbocycles. The minimum absolute atomic E-state index is 0.299. The lowest BCUT2D eigenvalue weighted by atomic mass is 10.1. The van der Waals surface area contributed by atoms with Crippen LogP contribution in [0.4, 0.5) is 0 Å². The van der Waals surface area contributed by atoms with Gasteiger partial charge in [0.1, 0.15) is 11.9 Å². The van der Waals surface area contributed by atoms with Gasteiger partial charge in [0.15, 0.2) is 0 Å². The fourth-order valence-electron chi connectivity index (χ4n) is 1.30. The number of benzene rings is 1. The van der Waals surface area contributed by atoms with Gasteiger partial charge in [-0.3, -0.25) is 0 Å². The molecule has 1 aromatic rings. The third-order valence-electron chi connectivity index (χ3n) is 2.24. The molecular formula is C13H15ClO2. The van der Waals surface area contributed by atoms with Crippen molar-refractivity contribution >= 4 is 11.6 Å². The van der Waals surface area contributed by atoms with Gasteiger partial charge >= 0.3 is 0 Å². The van der Waals surface area contributed by atoms with Crippen LogP contribution in [-0.4, -0.2) is 17.3 Å². The van der Waals surface area contributed by atoms with Gasteiger partial charge in [0.25, 0.3) is 0 Å². The Morgan fingerprint density at radius 2 is 2.31 bits per heavy atom. The maximum atomic E-state index is 9.73. The lowest BCUT2D eigenvalue weighted by molar-refractivity contribution is 0.0428. The number of terminal acetylenes is 1. The SMILES string of the molecule is C#CCCC(O)C(C)Oc1cccc(Cl)c1. The second-order valence-corrected chi connectivity index (χ2v) is 4.03. The van der Waals surface area contributed by atoms with E-state index in [4.69, 9.17) is 22.8 Å². The first-order valence-corrected chi connectivity index (χ1v) is 5.55. The molecule has 0 aliphatic rings. The van der Waals surface area contributed by atoms with Crippen LogP contribution in [0.3, 0.4) is 0 Å². The van der Waals surface area contributed by atoms with Crippen molar-refractivity contribution in [2.75, 3.05) is 0 Å². The van der Waals surface area contributed by atoms with Crippen molar-refractivity contribution in [3.8, 4) is 18.1 Å². The molecule has 16 heavy (non-hydrogen) atoms. The van der Waals surface area contributed by atoms with Gasteiger partial charge in [0.2, 0.25) is 0 Å². The molecule has 0 aromatic heterocycles. The maximum absolute atomic E-state index is 9.73. The van der Waals surface area contributed by atoms with Crippen LogP contribution in [0.15, 0.2) is 24.3 Å². The average molecular weight is 239 g/mol. The molecule has 2 atom stereocenters. The average Bonchev–Trinajstić information content (AvgIpc) is 2.25. The second kappa shape index (κ2) is 6.42. The Hall–Kier alpha value is -1.17. The number of ether oxygens (including phenoxy) is 1. The zero-order valence-electron chi connectivity index (χ0n) is 9.19. The molecular weight excluding hydrogens is 224 g/mol. The molecule has 1 aromatic carbocycles. The summed E-state index contributed by atoms with van der Waals surface area (Å²) >= 11 is 5.82. The predicted octanol–water partition coefficient (Wildman–Crippen LogP) is 2.88. The molecule has 0 aliphatic heterocycles. The van der Waals surface area contributed by atoms with Crippen molar-refractivity contribution in [1.82, 2.24) is 0 Å². The summed E-state index contributed by atoms with van der Waals surface area (Å²) in [4.78, 5) is 0. The largest absolute Gasteiger partial charge is 0.488 e. The first-order chi connectivity index (χ1) is 7.63. The standard InChI is InChI=1S/C13H15ClO2/c1-3-4-8-13(15)10(2)16-12-7-5-6-11(14)9-12/h1,5-7,9-10,13,15H,4,8H2,2H3. The second-order valence-electron chi connectivity index (χ2n) is 3.59. The molecule has 0 fully saturated rings. The van der Waals surface area contributed by atoms with Crippen molar-refractivity contribution < 1.29 is 9.84 Å². The van der Waals surface area contributed by atoms with E-state index in [9.17, 15) is 5.11 Å². The van der Waals surface area contributed by atoms with Crippen LogP contribution in [0.5, 0.6) is 5.75 Å². The Bertz CT molecular complexity index is 370. The molecule has 2 unspecified atom stereocenters. The van der Waals surface area contributed by atoms with Gasteiger partial charge in [-0.25, -0.2) is 0 Å². The molecule has 0 amide bonds. The molecule has 0 saturated carbocycles. The molecule has 1 rings (SSSR count). The van der Waals surface area contributed by atoms with Crippen molar-refractivity contribution in [1.29, 1.82) is 0 Å². The van der Waals surface area contributed by atoms with Crippen LogP contribution >= 0.6 is 11.6 Å². The smallest absolute Gasteiger partial charge is 0.122 e. The predicted molar refractivity (Wildman–Crippen MR) is 65.6 cm³/mol. The van der Waals surface area contributed by atoms with E-state index >= 15 is 0 Å². The molecule has 0 spiro atoms. The molecule has 2 nitrogen and oxygen atoms in total.